The van der Waals surface area contributed by atoms with Crippen LogP contribution in [0, 0.1) is 0 Å². The van der Waals surface area contributed by atoms with Crippen molar-refractivity contribution in [1.29, 1.82) is 0 Å². The fourth-order valence-electron chi connectivity index (χ4n) is 4.82. The Morgan fingerprint density at radius 2 is 1.79 bits per heavy atom. The van der Waals surface area contributed by atoms with Crippen molar-refractivity contribution in [2.45, 2.75) is 26.8 Å². The first-order chi connectivity index (χ1) is 18.5. The number of ether oxygens (including phenoxy) is 3. The molecule has 1 aliphatic rings. The summed E-state index contributed by atoms with van der Waals surface area (Å²) in [5.74, 6) is 0.754. The molecule has 0 spiro atoms. The highest BCUT2D eigenvalue weighted by Crippen LogP contribution is 2.36. The fraction of sp³-hybridized carbons (Fsp3) is 0.233. The minimum atomic E-state index is -0.748. The van der Waals surface area contributed by atoms with Crippen LogP contribution in [-0.4, -0.2) is 30.9 Å². The van der Waals surface area contributed by atoms with Crippen molar-refractivity contribution in [1.82, 2.24) is 4.57 Å². The van der Waals surface area contributed by atoms with E-state index in [1.165, 1.54) is 11.3 Å². The molecule has 0 saturated carbocycles. The van der Waals surface area contributed by atoms with Gasteiger partial charge in [0.05, 0.1) is 36.1 Å². The van der Waals surface area contributed by atoms with Crippen molar-refractivity contribution in [2.75, 3.05) is 20.3 Å². The second-order valence-electron chi connectivity index (χ2n) is 8.68. The lowest BCUT2D eigenvalue weighted by molar-refractivity contribution is -0.139. The minimum absolute atomic E-state index is 0.208. The summed E-state index contributed by atoms with van der Waals surface area (Å²) in [7, 11) is 1.57. The molecule has 1 unspecified atom stereocenters. The summed E-state index contributed by atoms with van der Waals surface area (Å²) in [5, 5.41) is 2.02. The Hall–Kier alpha value is -4.17. The first kappa shape index (κ1) is 25.5. The van der Waals surface area contributed by atoms with Crippen LogP contribution in [0.1, 0.15) is 37.9 Å². The molecule has 1 aliphatic heterocycles. The number of hydrogen-bond acceptors (Lipinski definition) is 7. The van der Waals surface area contributed by atoms with Crippen LogP contribution in [0.5, 0.6) is 11.5 Å². The van der Waals surface area contributed by atoms with E-state index in [1.54, 1.807) is 25.5 Å². The predicted molar refractivity (Wildman–Crippen MR) is 149 cm³/mol. The second-order valence-corrected chi connectivity index (χ2v) is 9.68. The number of nitrogens with zero attached hydrogens (tertiary/aromatic N) is 2. The zero-order valence-corrected chi connectivity index (χ0v) is 22.5. The molecule has 3 aromatic carbocycles. The molecule has 1 atom stereocenters. The van der Waals surface area contributed by atoms with Crippen molar-refractivity contribution < 1.29 is 19.0 Å². The van der Waals surface area contributed by atoms with E-state index in [0.29, 0.717) is 44.3 Å². The molecule has 38 heavy (non-hydrogen) atoms. The van der Waals surface area contributed by atoms with Gasteiger partial charge in [-0.25, -0.2) is 9.79 Å². The number of hydrogen-bond donors (Lipinski definition) is 0. The maximum Gasteiger partial charge on any atom is 0.338 e. The Balaban J connectivity index is 1.80. The third-order valence-corrected chi connectivity index (χ3v) is 7.44. The van der Waals surface area contributed by atoms with Gasteiger partial charge in [0.15, 0.2) is 4.80 Å². The first-order valence-corrected chi connectivity index (χ1v) is 13.3. The van der Waals surface area contributed by atoms with Gasteiger partial charge in [-0.15, -0.1) is 0 Å². The minimum Gasteiger partial charge on any atom is -0.496 e. The number of benzene rings is 3. The number of aromatic nitrogens is 1. The molecule has 2 heterocycles. The van der Waals surface area contributed by atoms with Crippen molar-refractivity contribution >= 4 is 34.2 Å². The van der Waals surface area contributed by atoms with Gasteiger partial charge >= 0.3 is 5.97 Å². The summed E-state index contributed by atoms with van der Waals surface area (Å²) in [6.07, 6.45) is 1.86. The molecule has 0 saturated heterocycles. The van der Waals surface area contributed by atoms with Gasteiger partial charge in [-0.3, -0.25) is 9.36 Å². The summed E-state index contributed by atoms with van der Waals surface area (Å²) in [5.41, 5.74) is 2.07. The van der Waals surface area contributed by atoms with Crippen molar-refractivity contribution in [3.05, 3.63) is 103 Å². The Morgan fingerprint density at radius 1 is 1.03 bits per heavy atom. The number of thiazole rings is 1. The quantitative estimate of drug-likeness (QED) is 0.333. The molecule has 0 radical (unpaired) electrons. The van der Waals surface area contributed by atoms with Gasteiger partial charge in [0.25, 0.3) is 5.56 Å². The third kappa shape index (κ3) is 4.41. The standard InChI is InChI=1S/C30H28N2O5S/c1-5-36-24-16-15-19-11-7-8-12-20(19)22(24)17-25-28(33)32-27(21-13-9-10-14-23(21)35-4)26(29(34)37-6-2)18(3)31-30(32)38-25/h7-17,27H,5-6H2,1-4H3. The van der Waals surface area contributed by atoms with Crippen LogP contribution in [0.25, 0.3) is 16.8 Å². The van der Waals surface area contributed by atoms with Crippen molar-refractivity contribution in [3.63, 3.8) is 0 Å². The summed E-state index contributed by atoms with van der Waals surface area (Å²) in [4.78, 5) is 32.4. The zero-order chi connectivity index (χ0) is 26.8. The van der Waals surface area contributed by atoms with Gasteiger partial charge in [-0.05, 0) is 49.8 Å². The molecule has 0 amide bonds. The average Bonchev–Trinajstić information content (AvgIpc) is 3.23. The van der Waals surface area contributed by atoms with Gasteiger partial charge in [0.1, 0.15) is 17.5 Å². The van der Waals surface area contributed by atoms with Gasteiger partial charge < -0.3 is 14.2 Å². The van der Waals surface area contributed by atoms with Crippen LogP contribution < -0.4 is 24.4 Å². The topological polar surface area (TPSA) is 79.1 Å². The van der Waals surface area contributed by atoms with Gasteiger partial charge in [-0.2, -0.15) is 0 Å². The van der Waals surface area contributed by atoms with Crippen LogP contribution in [-0.2, 0) is 9.53 Å². The number of para-hydroxylation sites is 1. The van der Waals surface area contributed by atoms with Gasteiger partial charge in [0.2, 0.25) is 0 Å². The SMILES string of the molecule is CCOC(=O)C1=C(C)N=c2sc(=Cc3c(OCC)ccc4ccccc34)c(=O)n2C1c1ccccc1OC. The summed E-state index contributed by atoms with van der Waals surface area (Å²) in [6.45, 7) is 6.15. The molecule has 194 valence electrons. The highest BCUT2D eigenvalue weighted by molar-refractivity contribution is 7.07. The lowest BCUT2D eigenvalue weighted by Crippen LogP contribution is -2.40. The third-order valence-electron chi connectivity index (χ3n) is 6.46. The number of rotatable bonds is 7. The van der Waals surface area contributed by atoms with Crippen LogP contribution in [0.4, 0.5) is 0 Å². The van der Waals surface area contributed by atoms with Crippen LogP contribution >= 0.6 is 11.3 Å². The number of fused-ring (bicyclic) bond motifs is 2. The molecule has 0 aliphatic carbocycles. The zero-order valence-electron chi connectivity index (χ0n) is 21.7. The summed E-state index contributed by atoms with van der Waals surface area (Å²) in [6, 6.07) is 18.6. The van der Waals surface area contributed by atoms with Crippen molar-refractivity contribution in [2.24, 2.45) is 4.99 Å². The van der Waals surface area contributed by atoms with E-state index < -0.39 is 12.0 Å². The van der Waals surface area contributed by atoms with E-state index in [1.807, 2.05) is 73.7 Å². The van der Waals surface area contributed by atoms with E-state index in [-0.39, 0.29) is 12.2 Å². The Bertz CT molecular complexity index is 1750. The van der Waals surface area contributed by atoms with E-state index in [9.17, 15) is 9.59 Å². The normalized spacial score (nSPS) is 15.3. The lowest BCUT2D eigenvalue weighted by Gasteiger charge is -2.25. The maximum atomic E-state index is 14.1. The predicted octanol–water partition coefficient (Wildman–Crippen LogP) is 4.36. The largest absolute Gasteiger partial charge is 0.496 e. The van der Waals surface area contributed by atoms with Gasteiger partial charge in [0, 0.05) is 11.1 Å². The highest BCUT2D eigenvalue weighted by atomic mass is 32.1. The molecule has 0 N–H and O–H groups in total. The first-order valence-electron chi connectivity index (χ1n) is 12.5. The summed E-state index contributed by atoms with van der Waals surface area (Å²) < 4.78 is 19.0. The van der Waals surface area contributed by atoms with Crippen LogP contribution in [0.2, 0.25) is 0 Å². The number of carbonyl (C=O) groups excluding carboxylic acids is 1. The summed E-state index contributed by atoms with van der Waals surface area (Å²) >= 11 is 1.28. The van der Waals surface area contributed by atoms with E-state index in [0.717, 1.165) is 16.3 Å². The molecule has 0 fully saturated rings. The van der Waals surface area contributed by atoms with E-state index in [2.05, 4.69) is 4.99 Å². The molecule has 7 nitrogen and oxygen atoms in total. The highest BCUT2D eigenvalue weighted by Gasteiger charge is 2.35. The molecule has 0 bridgehead atoms. The Labute approximate surface area is 223 Å². The smallest absolute Gasteiger partial charge is 0.338 e. The lowest BCUT2D eigenvalue weighted by atomic mass is 9.95. The van der Waals surface area contributed by atoms with Crippen LogP contribution in [0.3, 0.4) is 0 Å². The van der Waals surface area contributed by atoms with Crippen molar-refractivity contribution in [3.8, 4) is 11.5 Å². The molecular formula is C30H28N2O5S. The Morgan fingerprint density at radius 3 is 2.55 bits per heavy atom. The second kappa shape index (κ2) is 10.7. The number of carbonyl (C=O) groups is 1. The average molecular weight is 529 g/mol. The molecule has 4 aromatic rings. The number of allylic oxidation sites excluding steroid dienone is 1. The molecule has 5 rings (SSSR count). The Kier molecular flexibility index (Phi) is 7.15. The fourth-order valence-corrected chi connectivity index (χ4v) is 5.84. The number of esters is 1. The monoisotopic (exact) mass is 528 g/mol. The molecule has 1 aromatic heterocycles. The molecular weight excluding hydrogens is 500 g/mol. The van der Waals surface area contributed by atoms with E-state index >= 15 is 0 Å². The van der Waals surface area contributed by atoms with Crippen LogP contribution in [0.15, 0.2) is 81.7 Å². The van der Waals surface area contributed by atoms with E-state index in [4.69, 9.17) is 14.2 Å². The maximum absolute atomic E-state index is 14.1. The van der Waals surface area contributed by atoms with Gasteiger partial charge in [-0.1, -0.05) is 59.9 Å². The molecule has 8 heteroatoms. The number of methoxy groups -OCH3 is 1.